The van der Waals surface area contributed by atoms with Gasteiger partial charge in [-0.15, -0.1) is 0 Å². The van der Waals surface area contributed by atoms with E-state index < -0.39 is 0 Å². The molecule has 0 saturated carbocycles. The van der Waals surface area contributed by atoms with Crippen LogP contribution in [0.15, 0.2) is 55.1 Å². The highest BCUT2D eigenvalue weighted by Gasteiger charge is 2.02. The number of hydrogen-bond acceptors (Lipinski definition) is 1. The molecule has 0 saturated heterocycles. The third kappa shape index (κ3) is 1.90. The Balaban J connectivity index is 2.73. The Bertz CT molecular complexity index is 533. The molecule has 0 heterocycles. The molecule has 2 aromatic carbocycles. The summed E-state index contributed by atoms with van der Waals surface area (Å²) in [5.74, 6) is 0. The molecule has 80 valence electrons. The molecule has 2 rings (SSSR count). The molecule has 0 aliphatic heterocycles. The number of rotatable bonds is 3. The van der Waals surface area contributed by atoms with Gasteiger partial charge in [0.2, 0.25) is 0 Å². The zero-order valence-electron chi connectivity index (χ0n) is 9.19. The van der Waals surface area contributed by atoms with Crippen molar-refractivity contribution in [2.24, 2.45) is 5.73 Å². The van der Waals surface area contributed by atoms with Crippen LogP contribution in [-0.4, -0.2) is 0 Å². The van der Waals surface area contributed by atoms with Crippen molar-refractivity contribution in [1.29, 1.82) is 0 Å². The fourth-order valence-electron chi connectivity index (χ4n) is 1.93. The summed E-state index contributed by atoms with van der Waals surface area (Å²) in [5.41, 5.74) is 8.14. The van der Waals surface area contributed by atoms with Gasteiger partial charge in [0.1, 0.15) is 0 Å². The number of hydrogen-bond donors (Lipinski definition) is 1. The van der Waals surface area contributed by atoms with Crippen LogP contribution in [0.2, 0.25) is 0 Å². The monoisotopic (exact) mass is 209 g/mol. The molecule has 1 nitrogen and oxygen atoms in total. The average Bonchev–Trinajstić information content (AvgIpc) is 2.35. The zero-order valence-corrected chi connectivity index (χ0v) is 9.19. The molecule has 0 spiro atoms. The zero-order chi connectivity index (χ0) is 11.4. The van der Waals surface area contributed by atoms with E-state index in [1.165, 1.54) is 21.9 Å². The van der Waals surface area contributed by atoms with Crippen LogP contribution < -0.4 is 5.73 Å². The van der Waals surface area contributed by atoms with Crippen molar-refractivity contribution in [2.75, 3.05) is 0 Å². The average molecular weight is 209 g/mol. The van der Waals surface area contributed by atoms with Gasteiger partial charge in [-0.1, -0.05) is 61.2 Å². The van der Waals surface area contributed by atoms with E-state index in [-0.39, 0.29) is 0 Å². The summed E-state index contributed by atoms with van der Waals surface area (Å²) in [7, 11) is 0. The summed E-state index contributed by atoms with van der Waals surface area (Å²) in [6.07, 6.45) is 5.79. The molecular formula is C15H15N. The lowest BCUT2D eigenvalue weighted by atomic mass is 9.99. The van der Waals surface area contributed by atoms with Crippen molar-refractivity contribution < 1.29 is 0 Å². The summed E-state index contributed by atoms with van der Waals surface area (Å²) in [5, 5.41) is 2.47. The van der Waals surface area contributed by atoms with Gasteiger partial charge in [-0.3, -0.25) is 0 Å². The first kappa shape index (κ1) is 10.7. The second kappa shape index (κ2) is 4.77. The van der Waals surface area contributed by atoms with Crippen molar-refractivity contribution in [3.05, 3.63) is 66.3 Å². The molecule has 0 unspecified atom stereocenters. The van der Waals surface area contributed by atoms with Gasteiger partial charge in [0.25, 0.3) is 0 Å². The van der Waals surface area contributed by atoms with Gasteiger partial charge in [0.15, 0.2) is 0 Å². The number of nitrogens with two attached hydrogens (primary N) is 1. The summed E-state index contributed by atoms with van der Waals surface area (Å²) < 4.78 is 0. The number of fused-ring (bicyclic) bond motifs is 1. The normalized spacial score (nSPS) is 11.1. The highest BCUT2D eigenvalue weighted by atomic mass is 14.5. The lowest BCUT2D eigenvalue weighted by Crippen LogP contribution is -1.97. The van der Waals surface area contributed by atoms with E-state index in [2.05, 4.69) is 43.0 Å². The van der Waals surface area contributed by atoms with E-state index in [1.54, 1.807) is 6.08 Å². The van der Waals surface area contributed by atoms with Crippen molar-refractivity contribution in [1.82, 2.24) is 0 Å². The van der Waals surface area contributed by atoms with Crippen LogP contribution in [0.4, 0.5) is 0 Å². The largest absolute Gasteiger partial charge is 0.326 e. The number of benzene rings is 2. The first-order valence-electron chi connectivity index (χ1n) is 5.36. The van der Waals surface area contributed by atoms with Crippen LogP contribution >= 0.6 is 0 Å². The van der Waals surface area contributed by atoms with Gasteiger partial charge in [0, 0.05) is 6.54 Å². The van der Waals surface area contributed by atoms with E-state index >= 15 is 0 Å². The molecular weight excluding hydrogens is 194 g/mol. The fourth-order valence-corrected chi connectivity index (χ4v) is 1.93. The highest BCUT2D eigenvalue weighted by Crippen LogP contribution is 2.23. The topological polar surface area (TPSA) is 26.0 Å². The molecule has 0 amide bonds. The third-order valence-corrected chi connectivity index (χ3v) is 2.66. The second-order valence-electron chi connectivity index (χ2n) is 3.66. The standard InChI is InChI=1S/C15H15N/c1-2-3-6-12-7-4-8-13-9-5-10-14(11-16)15(12)13/h2-10H,1,11,16H2. The molecule has 0 aliphatic carbocycles. The molecule has 0 bridgehead atoms. The minimum Gasteiger partial charge on any atom is -0.326 e. The Morgan fingerprint density at radius 2 is 1.88 bits per heavy atom. The van der Waals surface area contributed by atoms with Gasteiger partial charge >= 0.3 is 0 Å². The lowest BCUT2D eigenvalue weighted by Gasteiger charge is -2.07. The minimum absolute atomic E-state index is 0.566. The van der Waals surface area contributed by atoms with Gasteiger partial charge in [0.05, 0.1) is 0 Å². The van der Waals surface area contributed by atoms with Crippen LogP contribution in [-0.2, 0) is 6.54 Å². The Morgan fingerprint density at radius 3 is 2.56 bits per heavy atom. The van der Waals surface area contributed by atoms with E-state index in [9.17, 15) is 0 Å². The summed E-state index contributed by atoms with van der Waals surface area (Å²) in [4.78, 5) is 0. The molecule has 0 fully saturated rings. The van der Waals surface area contributed by atoms with Crippen LogP contribution in [0.1, 0.15) is 11.1 Å². The van der Waals surface area contributed by atoms with Crippen LogP contribution in [0, 0.1) is 0 Å². The molecule has 1 heteroatoms. The minimum atomic E-state index is 0.566. The van der Waals surface area contributed by atoms with Gasteiger partial charge < -0.3 is 5.73 Å². The predicted octanol–water partition coefficient (Wildman–Crippen LogP) is 3.50. The maximum Gasteiger partial charge on any atom is 0.0184 e. The Morgan fingerprint density at radius 1 is 1.12 bits per heavy atom. The van der Waals surface area contributed by atoms with E-state index in [0.717, 1.165) is 0 Å². The predicted molar refractivity (Wildman–Crippen MR) is 71.1 cm³/mol. The molecule has 0 radical (unpaired) electrons. The van der Waals surface area contributed by atoms with Gasteiger partial charge in [-0.25, -0.2) is 0 Å². The highest BCUT2D eigenvalue weighted by molar-refractivity contribution is 5.93. The molecule has 0 aromatic heterocycles. The van der Waals surface area contributed by atoms with Crippen LogP contribution in [0.5, 0.6) is 0 Å². The van der Waals surface area contributed by atoms with Crippen LogP contribution in [0.3, 0.4) is 0 Å². The van der Waals surface area contributed by atoms with E-state index in [0.29, 0.717) is 6.54 Å². The SMILES string of the molecule is C=CC=Cc1cccc2cccc(CN)c12. The molecule has 2 aromatic rings. The Labute approximate surface area is 95.9 Å². The van der Waals surface area contributed by atoms with Crippen molar-refractivity contribution in [3.63, 3.8) is 0 Å². The van der Waals surface area contributed by atoms with Gasteiger partial charge in [-0.2, -0.15) is 0 Å². The molecule has 2 N–H and O–H groups in total. The molecule has 16 heavy (non-hydrogen) atoms. The maximum absolute atomic E-state index is 5.77. The third-order valence-electron chi connectivity index (χ3n) is 2.66. The van der Waals surface area contributed by atoms with Crippen molar-refractivity contribution >= 4 is 16.8 Å². The summed E-state index contributed by atoms with van der Waals surface area (Å²) >= 11 is 0. The van der Waals surface area contributed by atoms with Crippen LogP contribution in [0.25, 0.3) is 16.8 Å². The Hall–Kier alpha value is -1.86. The van der Waals surface area contributed by atoms with E-state index in [1.807, 2.05) is 12.1 Å². The second-order valence-corrected chi connectivity index (χ2v) is 3.66. The summed E-state index contributed by atoms with van der Waals surface area (Å²) in [6, 6.07) is 12.5. The van der Waals surface area contributed by atoms with E-state index in [4.69, 9.17) is 5.73 Å². The molecule has 0 aliphatic rings. The van der Waals surface area contributed by atoms with Gasteiger partial charge in [-0.05, 0) is 21.9 Å². The molecule has 0 atom stereocenters. The maximum atomic E-state index is 5.77. The van der Waals surface area contributed by atoms with Crippen molar-refractivity contribution in [2.45, 2.75) is 6.54 Å². The Kier molecular flexibility index (Phi) is 3.18. The first-order valence-corrected chi connectivity index (χ1v) is 5.36. The number of allylic oxidation sites excluding steroid dienone is 2. The quantitative estimate of drug-likeness (QED) is 0.769. The fraction of sp³-hybridized carbons (Fsp3) is 0.0667. The lowest BCUT2D eigenvalue weighted by molar-refractivity contribution is 1.09. The smallest absolute Gasteiger partial charge is 0.0184 e. The summed E-state index contributed by atoms with van der Waals surface area (Å²) in [6.45, 7) is 4.25. The van der Waals surface area contributed by atoms with Crippen molar-refractivity contribution in [3.8, 4) is 0 Å². The first-order chi connectivity index (χ1) is 7.86.